The molecule has 0 bridgehead atoms. The van der Waals surface area contributed by atoms with Crippen molar-refractivity contribution in [2.75, 3.05) is 0 Å². The van der Waals surface area contributed by atoms with E-state index in [1.807, 2.05) is 43.3 Å². The Morgan fingerprint density at radius 1 is 1.29 bits per heavy atom. The van der Waals surface area contributed by atoms with Crippen molar-refractivity contribution in [2.45, 2.75) is 19.3 Å². The average molecular weight is 226 g/mol. The summed E-state index contributed by atoms with van der Waals surface area (Å²) in [4.78, 5) is 10.5. The summed E-state index contributed by atoms with van der Waals surface area (Å²) in [5.74, 6) is 0.186. The van der Waals surface area contributed by atoms with Gasteiger partial charge >= 0.3 is 0 Å². The molecule has 3 nitrogen and oxygen atoms in total. The van der Waals surface area contributed by atoms with Gasteiger partial charge in [-0.2, -0.15) is 10.2 Å². The number of aldehydes is 1. The summed E-state index contributed by atoms with van der Waals surface area (Å²) in [6.45, 7) is 2.01. The van der Waals surface area contributed by atoms with Crippen molar-refractivity contribution in [3.8, 4) is 11.3 Å². The predicted molar refractivity (Wildman–Crippen MR) is 66.6 cm³/mol. The number of benzene rings is 1. The van der Waals surface area contributed by atoms with Gasteiger partial charge in [-0.25, -0.2) is 0 Å². The van der Waals surface area contributed by atoms with Gasteiger partial charge < -0.3 is 4.79 Å². The number of carbonyl (C=O) groups excluding carboxylic acids is 1. The number of aromatic nitrogens is 2. The molecule has 1 unspecified atom stereocenters. The van der Waals surface area contributed by atoms with Crippen molar-refractivity contribution >= 4 is 6.29 Å². The van der Waals surface area contributed by atoms with E-state index in [0.717, 1.165) is 23.1 Å². The highest BCUT2D eigenvalue weighted by atomic mass is 16.1. The Bertz CT molecular complexity index is 497. The lowest BCUT2D eigenvalue weighted by Gasteiger charge is -2.08. The fraction of sp³-hybridized carbons (Fsp3) is 0.214. The highest BCUT2D eigenvalue weighted by Gasteiger charge is 2.07. The first-order chi connectivity index (χ1) is 8.31. The van der Waals surface area contributed by atoms with Gasteiger partial charge in [-0.05, 0) is 17.5 Å². The standard InChI is InChI=1S/C14H14N2O/c1-11(7-8-17)13-9-14(16-15-10-13)12-5-3-2-4-6-12/h2-6,8-11H,7H2,1H3. The van der Waals surface area contributed by atoms with Crippen LogP contribution < -0.4 is 0 Å². The Labute approximate surface area is 101 Å². The molecule has 0 fully saturated rings. The molecule has 86 valence electrons. The molecule has 2 rings (SSSR count). The van der Waals surface area contributed by atoms with Gasteiger partial charge in [0.25, 0.3) is 0 Å². The van der Waals surface area contributed by atoms with Gasteiger partial charge in [0, 0.05) is 12.0 Å². The van der Waals surface area contributed by atoms with E-state index in [1.165, 1.54) is 0 Å². The molecule has 0 aliphatic heterocycles. The molecule has 0 saturated heterocycles. The van der Waals surface area contributed by atoms with Gasteiger partial charge in [-0.3, -0.25) is 0 Å². The molecule has 0 N–H and O–H groups in total. The molecule has 0 amide bonds. The quantitative estimate of drug-likeness (QED) is 0.753. The van der Waals surface area contributed by atoms with E-state index in [0.29, 0.717) is 6.42 Å². The molecule has 1 aromatic carbocycles. The monoisotopic (exact) mass is 226 g/mol. The molecule has 1 aromatic heterocycles. The zero-order valence-corrected chi connectivity index (χ0v) is 9.71. The van der Waals surface area contributed by atoms with Crippen LogP contribution in [0.15, 0.2) is 42.6 Å². The van der Waals surface area contributed by atoms with Crippen LogP contribution in [0.5, 0.6) is 0 Å². The molecule has 17 heavy (non-hydrogen) atoms. The maximum atomic E-state index is 10.5. The molecule has 2 aromatic rings. The van der Waals surface area contributed by atoms with Crippen LogP contribution in [-0.2, 0) is 4.79 Å². The second-order valence-electron chi connectivity index (χ2n) is 4.04. The minimum Gasteiger partial charge on any atom is -0.303 e. The van der Waals surface area contributed by atoms with E-state index in [-0.39, 0.29) is 5.92 Å². The largest absolute Gasteiger partial charge is 0.303 e. The summed E-state index contributed by atoms with van der Waals surface area (Å²) in [5.41, 5.74) is 2.94. The van der Waals surface area contributed by atoms with E-state index in [1.54, 1.807) is 6.20 Å². The molecule has 0 spiro atoms. The van der Waals surface area contributed by atoms with Crippen LogP contribution in [0.2, 0.25) is 0 Å². The highest BCUT2D eigenvalue weighted by molar-refractivity contribution is 5.59. The summed E-state index contributed by atoms with van der Waals surface area (Å²) in [7, 11) is 0. The molecule has 0 aliphatic rings. The van der Waals surface area contributed by atoms with E-state index < -0.39 is 0 Å². The molecule has 3 heteroatoms. The van der Waals surface area contributed by atoms with Crippen LogP contribution in [0.4, 0.5) is 0 Å². The van der Waals surface area contributed by atoms with Crippen LogP contribution in [0.3, 0.4) is 0 Å². The molecule has 0 saturated carbocycles. The smallest absolute Gasteiger partial charge is 0.120 e. The van der Waals surface area contributed by atoms with E-state index >= 15 is 0 Å². The summed E-state index contributed by atoms with van der Waals surface area (Å²) >= 11 is 0. The third kappa shape index (κ3) is 2.75. The van der Waals surface area contributed by atoms with Crippen molar-refractivity contribution in [1.82, 2.24) is 10.2 Å². The highest BCUT2D eigenvalue weighted by Crippen LogP contribution is 2.22. The number of rotatable bonds is 4. The molecular formula is C14H14N2O. The van der Waals surface area contributed by atoms with E-state index in [9.17, 15) is 4.79 Å². The van der Waals surface area contributed by atoms with Gasteiger partial charge in [0.15, 0.2) is 0 Å². The van der Waals surface area contributed by atoms with Gasteiger partial charge in [-0.1, -0.05) is 37.3 Å². The van der Waals surface area contributed by atoms with Crippen LogP contribution >= 0.6 is 0 Å². The molecule has 1 heterocycles. The first-order valence-electron chi connectivity index (χ1n) is 5.63. The summed E-state index contributed by atoms with van der Waals surface area (Å²) in [6, 6.07) is 11.9. The lowest BCUT2D eigenvalue weighted by molar-refractivity contribution is -0.108. The second-order valence-corrected chi connectivity index (χ2v) is 4.04. The first-order valence-corrected chi connectivity index (χ1v) is 5.63. The maximum absolute atomic E-state index is 10.5. The molecule has 0 aliphatic carbocycles. The average Bonchev–Trinajstić information content (AvgIpc) is 2.40. The Balaban J connectivity index is 2.32. The normalized spacial score (nSPS) is 12.1. The van der Waals surface area contributed by atoms with Crippen molar-refractivity contribution < 1.29 is 4.79 Å². The third-order valence-corrected chi connectivity index (χ3v) is 2.76. The lowest BCUT2D eigenvalue weighted by Crippen LogP contribution is -1.98. The van der Waals surface area contributed by atoms with Gasteiger partial charge in [0.1, 0.15) is 6.29 Å². The van der Waals surface area contributed by atoms with Gasteiger partial charge in [0.2, 0.25) is 0 Å². The Morgan fingerprint density at radius 2 is 2.06 bits per heavy atom. The molecule has 0 radical (unpaired) electrons. The minimum atomic E-state index is 0.186. The van der Waals surface area contributed by atoms with Gasteiger partial charge in [0.05, 0.1) is 11.9 Å². The van der Waals surface area contributed by atoms with Gasteiger partial charge in [-0.15, -0.1) is 0 Å². The topological polar surface area (TPSA) is 42.9 Å². The number of nitrogens with zero attached hydrogens (tertiary/aromatic N) is 2. The van der Waals surface area contributed by atoms with Crippen molar-refractivity contribution in [3.63, 3.8) is 0 Å². The molecular weight excluding hydrogens is 212 g/mol. The number of hydrogen-bond acceptors (Lipinski definition) is 3. The molecule has 1 atom stereocenters. The van der Waals surface area contributed by atoms with Crippen LogP contribution in [0, 0.1) is 0 Å². The first kappa shape index (κ1) is 11.5. The summed E-state index contributed by atoms with van der Waals surface area (Å²) < 4.78 is 0. The summed E-state index contributed by atoms with van der Waals surface area (Å²) in [6.07, 6.45) is 3.17. The fourth-order valence-electron chi connectivity index (χ4n) is 1.68. The lowest BCUT2D eigenvalue weighted by atomic mass is 9.99. The Kier molecular flexibility index (Phi) is 3.60. The number of hydrogen-bond donors (Lipinski definition) is 0. The van der Waals surface area contributed by atoms with E-state index in [2.05, 4.69) is 10.2 Å². The fourth-order valence-corrected chi connectivity index (χ4v) is 1.68. The minimum absolute atomic E-state index is 0.186. The van der Waals surface area contributed by atoms with Crippen LogP contribution in [-0.4, -0.2) is 16.5 Å². The Morgan fingerprint density at radius 3 is 2.76 bits per heavy atom. The predicted octanol–water partition coefficient (Wildman–Crippen LogP) is 2.84. The SMILES string of the molecule is CC(CC=O)c1cnnc(-c2ccccc2)c1. The number of carbonyl (C=O) groups is 1. The zero-order valence-electron chi connectivity index (χ0n) is 9.71. The maximum Gasteiger partial charge on any atom is 0.120 e. The second kappa shape index (κ2) is 5.34. The Hall–Kier alpha value is -2.03. The van der Waals surface area contributed by atoms with Crippen molar-refractivity contribution in [2.24, 2.45) is 0 Å². The van der Waals surface area contributed by atoms with Crippen molar-refractivity contribution in [3.05, 3.63) is 48.2 Å². The van der Waals surface area contributed by atoms with E-state index in [4.69, 9.17) is 0 Å². The summed E-state index contributed by atoms with van der Waals surface area (Å²) in [5, 5.41) is 8.11. The van der Waals surface area contributed by atoms with Crippen LogP contribution in [0.25, 0.3) is 11.3 Å². The third-order valence-electron chi connectivity index (χ3n) is 2.76. The van der Waals surface area contributed by atoms with Crippen LogP contribution in [0.1, 0.15) is 24.8 Å². The zero-order chi connectivity index (χ0) is 12.1. The van der Waals surface area contributed by atoms with Crippen molar-refractivity contribution in [1.29, 1.82) is 0 Å².